The second-order valence-electron chi connectivity index (χ2n) is 3.45. The lowest BCUT2D eigenvalue weighted by atomic mass is 10.0. The molecule has 1 unspecified atom stereocenters. The maximum Gasteiger partial charge on any atom is 0.121 e. The van der Waals surface area contributed by atoms with E-state index >= 15 is 0 Å². The molecule has 0 saturated carbocycles. The monoisotopic (exact) mass is 195 g/mol. The molecule has 0 aliphatic carbocycles. The van der Waals surface area contributed by atoms with Crippen LogP contribution in [0.5, 0.6) is 5.75 Å². The Morgan fingerprint density at radius 2 is 2.21 bits per heavy atom. The van der Waals surface area contributed by atoms with Gasteiger partial charge in [0.1, 0.15) is 5.75 Å². The first-order valence-electron chi connectivity index (χ1n) is 4.67. The molecule has 3 heteroatoms. The number of rotatable bonds is 4. The highest BCUT2D eigenvalue weighted by molar-refractivity contribution is 5.36. The predicted octanol–water partition coefficient (Wildman–Crippen LogP) is 0.866. The molecular formula is C11H17NO2. The summed E-state index contributed by atoms with van der Waals surface area (Å²) in [6, 6.07) is 5.76. The Morgan fingerprint density at radius 3 is 2.71 bits per heavy atom. The summed E-state index contributed by atoms with van der Waals surface area (Å²) in [6.07, 6.45) is 0.696. The van der Waals surface area contributed by atoms with Crippen LogP contribution >= 0.6 is 0 Å². The quantitative estimate of drug-likeness (QED) is 0.749. The molecule has 0 saturated heterocycles. The second kappa shape index (κ2) is 4.98. The topological polar surface area (TPSA) is 55.5 Å². The van der Waals surface area contributed by atoms with Gasteiger partial charge in [0.2, 0.25) is 0 Å². The third-order valence-corrected chi connectivity index (χ3v) is 2.19. The van der Waals surface area contributed by atoms with Gasteiger partial charge in [-0.25, -0.2) is 0 Å². The van der Waals surface area contributed by atoms with Gasteiger partial charge in [0.15, 0.2) is 0 Å². The standard InChI is InChI=1S/C11H17NO2/c1-8-5-9(6-10(12)7-13)3-4-11(8)14-2/h3-5,10,13H,6-7,12H2,1-2H3. The largest absolute Gasteiger partial charge is 0.496 e. The van der Waals surface area contributed by atoms with Crippen LogP contribution in [0.1, 0.15) is 11.1 Å². The van der Waals surface area contributed by atoms with Gasteiger partial charge in [-0.3, -0.25) is 0 Å². The Balaban J connectivity index is 2.76. The summed E-state index contributed by atoms with van der Waals surface area (Å²) in [6.45, 7) is 2.01. The molecule has 0 bridgehead atoms. The van der Waals surface area contributed by atoms with Crippen LogP contribution in [0.3, 0.4) is 0 Å². The van der Waals surface area contributed by atoms with E-state index in [1.807, 2.05) is 25.1 Å². The van der Waals surface area contributed by atoms with Gasteiger partial charge in [-0.1, -0.05) is 12.1 Å². The fraction of sp³-hybridized carbons (Fsp3) is 0.455. The first-order chi connectivity index (χ1) is 6.67. The summed E-state index contributed by atoms with van der Waals surface area (Å²) in [7, 11) is 1.65. The van der Waals surface area contributed by atoms with Crippen molar-refractivity contribution < 1.29 is 9.84 Å². The van der Waals surface area contributed by atoms with Crippen molar-refractivity contribution >= 4 is 0 Å². The van der Waals surface area contributed by atoms with E-state index in [0.29, 0.717) is 6.42 Å². The van der Waals surface area contributed by atoms with E-state index in [9.17, 15) is 0 Å². The van der Waals surface area contributed by atoms with Crippen molar-refractivity contribution in [3.63, 3.8) is 0 Å². The van der Waals surface area contributed by atoms with Crippen molar-refractivity contribution in [2.75, 3.05) is 13.7 Å². The molecule has 0 spiro atoms. The van der Waals surface area contributed by atoms with Crippen LogP contribution in [-0.4, -0.2) is 24.9 Å². The van der Waals surface area contributed by atoms with Crippen molar-refractivity contribution in [1.29, 1.82) is 0 Å². The van der Waals surface area contributed by atoms with E-state index in [-0.39, 0.29) is 12.6 Å². The summed E-state index contributed by atoms with van der Waals surface area (Å²) < 4.78 is 5.15. The molecule has 0 radical (unpaired) electrons. The van der Waals surface area contributed by atoms with Crippen LogP contribution in [0, 0.1) is 6.92 Å². The van der Waals surface area contributed by atoms with E-state index in [4.69, 9.17) is 15.6 Å². The molecule has 1 aromatic rings. The van der Waals surface area contributed by atoms with E-state index in [2.05, 4.69) is 0 Å². The second-order valence-corrected chi connectivity index (χ2v) is 3.45. The smallest absolute Gasteiger partial charge is 0.121 e. The van der Waals surface area contributed by atoms with Crippen LogP contribution in [-0.2, 0) is 6.42 Å². The maximum absolute atomic E-state index is 8.82. The van der Waals surface area contributed by atoms with Gasteiger partial charge in [-0.15, -0.1) is 0 Å². The fourth-order valence-corrected chi connectivity index (χ4v) is 1.43. The van der Waals surface area contributed by atoms with E-state index in [1.165, 1.54) is 0 Å². The van der Waals surface area contributed by atoms with E-state index < -0.39 is 0 Å². The Bertz CT molecular complexity index is 299. The molecule has 0 heterocycles. The molecule has 1 atom stereocenters. The summed E-state index contributed by atoms with van der Waals surface area (Å²) in [5.41, 5.74) is 7.87. The average molecular weight is 195 g/mol. The van der Waals surface area contributed by atoms with Gasteiger partial charge in [0, 0.05) is 6.04 Å². The van der Waals surface area contributed by atoms with Crippen LogP contribution in [0.2, 0.25) is 0 Å². The molecule has 0 aliphatic rings. The van der Waals surface area contributed by atoms with Crippen molar-refractivity contribution in [2.24, 2.45) is 5.73 Å². The highest BCUT2D eigenvalue weighted by Crippen LogP contribution is 2.18. The van der Waals surface area contributed by atoms with Crippen molar-refractivity contribution in [2.45, 2.75) is 19.4 Å². The van der Waals surface area contributed by atoms with E-state index in [1.54, 1.807) is 7.11 Å². The summed E-state index contributed by atoms with van der Waals surface area (Å²) >= 11 is 0. The number of benzene rings is 1. The third-order valence-electron chi connectivity index (χ3n) is 2.19. The number of aryl methyl sites for hydroxylation is 1. The molecule has 3 nitrogen and oxygen atoms in total. The first-order valence-corrected chi connectivity index (χ1v) is 4.67. The zero-order valence-electron chi connectivity index (χ0n) is 8.66. The lowest BCUT2D eigenvalue weighted by Gasteiger charge is -2.10. The minimum Gasteiger partial charge on any atom is -0.496 e. The molecule has 0 aliphatic heterocycles. The zero-order valence-corrected chi connectivity index (χ0v) is 8.66. The van der Waals surface area contributed by atoms with Crippen molar-refractivity contribution in [3.05, 3.63) is 29.3 Å². The number of aliphatic hydroxyl groups excluding tert-OH is 1. The van der Waals surface area contributed by atoms with Crippen LogP contribution in [0.15, 0.2) is 18.2 Å². The molecule has 3 N–H and O–H groups in total. The number of ether oxygens (including phenoxy) is 1. The Labute approximate surface area is 84.5 Å². The number of nitrogens with two attached hydrogens (primary N) is 1. The third kappa shape index (κ3) is 2.72. The fourth-order valence-electron chi connectivity index (χ4n) is 1.43. The molecule has 14 heavy (non-hydrogen) atoms. The number of methoxy groups -OCH3 is 1. The normalized spacial score (nSPS) is 12.6. The van der Waals surface area contributed by atoms with Crippen molar-refractivity contribution in [1.82, 2.24) is 0 Å². The van der Waals surface area contributed by atoms with Gasteiger partial charge in [-0.05, 0) is 30.5 Å². The number of hydrogen-bond donors (Lipinski definition) is 2. The minimum absolute atomic E-state index is 0.0189. The average Bonchev–Trinajstić information content (AvgIpc) is 2.18. The Kier molecular flexibility index (Phi) is 3.92. The minimum atomic E-state index is -0.178. The molecule has 1 aromatic carbocycles. The summed E-state index contributed by atoms with van der Waals surface area (Å²) in [5, 5.41) is 8.82. The molecule has 78 valence electrons. The Morgan fingerprint density at radius 1 is 1.50 bits per heavy atom. The zero-order chi connectivity index (χ0) is 10.6. The van der Waals surface area contributed by atoms with Gasteiger partial charge in [0.25, 0.3) is 0 Å². The maximum atomic E-state index is 8.82. The lowest BCUT2D eigenvalue weighted by Crippen LogP contribution is -2.26. The lowest BCUT2D eigenvalue weighted by molar-refractivity contribution is 0.265. The van der Waals surface area contributed by atoms with Crippen LogP contribution < -0.4 is 10.5 Å². The molecule has 1 rings (SSSR count). The Hall–Kier alpha value is -1.06. The van der Waals surface area contributed by atoms with Gasteiger partial charge >= 0.3 is 0 Å². The first kappa shape index (κ1) is 11.0. The molecule has 0 fully saturated rings. The van der Waals surface area contributed by atoms with Gasteiger partial charge in [-0.2, -0.15) is 0 Å². The van der Waals surface area contributed by atoms with Crippen LogP contribution in [0.25, 0.3) is 0 Å². The SMILES string of the molecule is COc1ccc(CC(N)CO)cc1C. The van der Waals surface area contributed by atoms with Gasteiger partial charge in [0.05, 0.1) is 13.7 Å². The van der Waals surface area contributed by atoms with Crippen molar-refractivity contribution in [3.8, 4) is 5.75 Å². The molecule has 0 amide bonds. The summed E-state index contributed by atoms with van der Waals surface area (Å²) in [5.74, 6) is 0.881. The number of hydrogen-bond acceptors (Lipinski definition) is 3. The van der Waals surface area contributed by atoms with E-state index in [0.717, 1.165) is 16.9 Å². The number of aliphatic hydroxyl groups is 1. The highest BCUT2D eigenvalue weighted by Gasteiger charge is 2.04. The highest BCUT2D eigenvalue weighted by atomic mass is 16.5. The predicted molar refractivity (Wildman–Crippen MR) is 56.5 cm³/mol. The van der Waals surface area contributed by atoms with Gasteiger partial charge < -0.3 is 15.6 Å². The summed E-state index contributed by atoms with van der Waals surface area (Å²) in [4.78, 5) is 0. The molecular weight excluding hydrogens is 178 g/mol. The molecule has 0 aromatic heterocycles. The van der Waals surface area contributed by atoms with Crippen LogP contribution in [0.4, 0.5) is 0 Å².